The number of carbonyl (C=O) groups excluding carboxylic acids is 1. The molecule has 0 atom stereocenters. The van der Waals surface area contributed by atoms with Gasteiger partial charge in [-0.15, -0.1) is 0 Å². The molecular weight excluding hydrogens is 352 g/mol. The number of nitrogens with zero attached hydrogens (tertiary/aromatic N) is 1. The Balaban J connectivity index is 1.72. The van der Waals surface area contributed by atoms with Crippen LogP contribution >= 0.6 is 0 Å². The quantitative estimate of drug-likeness (QED) is 0.475. The van der Waals surface area contributed by atoms with Crippen molar-refractivity contribution < 1.29 is 14.3 Å². The van der Waals surface area contributed by atoms with Crippen molar-refractivity contribution >= 4 is 12.0 Å². The van der Waals surface area contributed by atoms with Crippen molar-refractivity contribution in [3.8, 4) is 11.5 Å². The van der Waals surface area contributed by atoms with Crippen LogP contribution in [0.3, 0.4) is 0 Å². The van der Waals surface area contributed by atoms with E-state index in [0.717, 1.165) is 25.1 Å². The van der Waals surface area contributed by atoms with E-state index in [0.29, 0.717) is 24.7 Å². The van der Waals surface area contributed by atoms with Crippen LogP contribution < -0.4 is 14.8 Å². The highest BCUT2D eigenvalue weighted by Gasteiger charge is 2.04. The van der Waals surface area contributed by atoms with E-state index in [9.17, 15) is 4.79 Å². The van der Waals surface area contributed by atoms with E-state index in [1.54, 1.807) is 19.3 Å². The van der Waals surface area contributed by atoms with E-state index in [2.05, 4.69) is 41.5 Å². The standard InChI is InChI=1S/C23H30N2O3/c1-4-28-22-17-19(11-13-21(22)27-3)12-14-23(26)24-15-8-16-25(2)18-20-9-6-5-7-10-20/h5-7,9-14,17H,4,8,15-16,18H2,1-3H3,(H,24,26)/b14-12+. The number of carbonyl (C=O) groups is 1. The first-order valence-corrected chi connectivity index (χ1v) is 9.61. The zero-order valence-electron chi connectivity index (χ0n) is 17.0. The first kappa shape index (κ1) is 21.5. The number of hydrogen-bond acceptors (Lipinski definition) is 4. The Labute approximate surface area is 168 Å². The minimum atomic E-state index is -0.0977. The summed E-state index contributed by atoms with van der Waals surface area (Å²) in [5.74, 6) is 1.26. The fraction of sp³-hybridized carbons (Fsp3) is 0.348. The molecule has 0 aliphatic heterocycles. The minimum absolute atomic E-state index is 0.0977. The third-order valence-electron chi connectivity index (χ3n) is 4.23. The van der Waals surface area contributed by atoms with Crippen molar-refractivity contribution in [2.24, 2.45) is 0 Å². The molecule has 2 aromatic carbocycles. The molecule has 150 valence electrons. The zero-order valence-corrected chi connectivity index (χ0v) is 17.0. The van der Waals surface area contributed by atoms with Crippen molar-refractivity contribution in [3.63, 3.8) is 0 Å². The molecule has 0 aliphatic carbocycles. The molecule has 0 aliphatic rings. The largest absolute Gasteiger partial charge is 0.493 e. The molecule has 0 aromatic heterocycles. The van der Waals surface area contributed by atoms with Gasteiger partial charge in [0.1, 0.15) is 0 Å². The Morgan fingerprint density at radius 3 is 2.64 bits per heavy atom. The Kier molecular flexibility index (Phi) is 9.08. The number of hydrogen-bond donors (Lipinski definition) is 1. The molecular formula is C23H30N2O3. The van der Waals surface area contributed by atoms with Crippen LogP contribution in [-0.2, 0) is 11.3 Å². The lowest BCUT2D eigenvalue weighted by molar-refractivity contribution is -0.116. The van der Waals surface area contributed by atoms with Crippen molar-refractivity contribution in [3.05, 3.63) is 65.7 Å². The summed E-state index contributed by atoms with van der Waals surface area (Å²) in [6.45, 7) is 4.97. The van der Waals surface area contributed by atoms with E-state index >= 15 is 0 Å². The average Bonchev–Trinajstić information content (AvgIpc) is 2.71. The fourth-order valence-electron chi connectivity index (χ4n) is 2.83. The van der Waals surface area contributed by atoms with Crippen LogP contribution in [0.2, 0.25) is 0 Å². The molecule has 28 heavy (non-hydrogen) atoms. The highest BCUT2D eigenvalue weighted by Crippen LogP contribution is 2.28. The van der Waals surface area contributed by atoms with E-state index in [1.165, 1.54) is 5.56 Å². The molecule has 1 amide bonds. The second kappa shape index (κ2) is 11.8. The Hall–Kier alpha value is -2.79. The summed E-state index contributed by atoms with van der Waals surface area (Å²) < 4.78 is 10.8. The summed E-state index contributed by atoms with van der Waals surface area (Å²) in [5.41, 5.74) is 2.19. The normalized spacial score (nSPS) is 11.0. The summed E-state index contributed by atoms with van der Waals surface area (Å²) in [6.07, 6.45) is 4.23. The van der Waals surface area contributed by atoms with Gasteiger partial charge in [-0.05, 0) is 56.3 Å². The molecule has 0 radical (unpaired) electrons. The first-order valence-electron chi connectivity index (χ1n) is 9.61. The number of benzene rings is 2. The van der Waals surface area contributed by atoms with Gasteiger partial charge in [0.25, 0.3) is 0 Å². The summed E-state index contributed by atoms with van der Waals surface area (Å²) in [5, 5.41) is 2.93. The molecule has 0 spiro atoms. The summed E-state index contributed by atoms with van der Waals surface area (Å²) >= 11 is 0. The molecule has 0 fully saturated rings. The average molecular weight is 383 g/mol. The molecule has 1 N–H and O–H groups in total. The third-order valence-corrected chi connectivity index (χ3v) is 4.23. The van der Waals surface area contributed by atoms with Crippen LogP contribution in [0, 0.1) is 0 Å². The smallest absolute Gasteiger partial charge is 0.243 e. The number of amides is 1. The zero-order chi connectivity index (χ0) is 20.2. The Morgan fingerprint density at radius 1 is 1.14 bits per heavy atom. The highest BCUT2D eigenvalue weighted by atomic mass is 16.5. The van der Waals surface area contributed by atoms with Gasteiger partial charge >= 0.3 is 0 Å². The fourth-order valence-corrected chi connectivity index (χ4v) is 2.83. The van der Waals surface area contributed by atoms with Crippen molar-refractivity contribution in [2.45, 2.75) is 19.9 Å². The molecule has 5 nitrogen and oxygen atoms in total. The monoisotopic (exact) mass is 382 g/mol. The van der Waals surface area contributed by atoms with Crippen LogP contribution in [0.5, 0.6) is 11.5 Å². The van der Waals surface area contributed by atoms with Gasteiger partial charge < -0.3 is 19.7 Å². The topological polar surface area (TPSA) is 50.8 Å². The van der Waals surface area contributed by atoms with E-state index in [4.69, 9.17) is 9.47 Å². The van der Waals surface area contributed by atoms with E-state index in [1.807, 2.05) is 31.2 Å². The minimum Gasteiger partial charge on any atom is -0.493 e. The molecule has 5 heteroatoms. The van der Waals surface area contributed by atoms with Gasteiger partial charge in [-0.25, -0.2) is 0 Å². The summed E-state index contributed by atoms with van der Waals surface area (Å²) in [7, 11) is 3.70. The van der Waals surface area contributed by atoms with Crippen LogP contribution in [0.15, 0.2) is 54.6 Å². The number of rotatable bonds is 11. The number of nitrogens with one attached hydrogen (secondary N) is 1. The number of ether oxygens (including phenoxy) is 2. The second-order valence-corrected chi connectivity index (χ2v) is 6.54. The van der Waals surface area contributed by atoms with Crippen LogP contribution in [0.4, 0.5) is 0 Å². The third kappa shape index (κ3) is 7.45. The highest BCUT2D eigenvalue weighted by molar-refractivity contribution is 5.91. The lowest BCUT2D eigenvalue weighted by Gasteiger charge is -2.16. The van der Waals surface area contributed by atoms with Gasteiger partial charge in [-0.3, -0.25) is 4.79 Å². The first-order chi connectivity index (χ1) is 13.6. The van der Waals surface area contributed by atoms with Gasteiger partial charge in [0.2, 0.25) is 5.91 Å². The van der Waals surface area contributed by atoms with Crippen molar-refractivity contribution in [1.29, 1.82) is 0 Å². The van der Waals surface area contributed by atoms with Crippen molar-refractivity contribution in [1.82, 2.24) is 10.2 Å². The molecule has 0 bridgehead atoms. The van der Waals surface area contributed by atoms with E-state index in [-0.39, 0.29) is 5.91 Å². The second-order valence-electron chi connectivity index (χ2n) is 6.54. The Bertz CT molecular complexity index is 760. The van der Waals surface area contributed by atoms with E-state index < -0.39 is 0 Å². The van der Waals surface area contributed by atoms with Gasteiger partial charge in [0, 0.05) is 19.2 Å². The molecule has 0 saturated carbocycles. The van der Waals surface area contributed by atoms with Gasteiger partial charge in [0.15, 0.2) is 11.5 Å². The maximum Gasteiger partial charge on any atom is 0.243 e. The van der Waals surface area contributed by atoms with Crippen LogP contribution in [-0.4, -0.2) is 44.7 Å². The van der Waals surface area contributed by atoms with Crippen LogP contribution in [0.25, 0.3) is 6.08 Å². The molecule has 0 heterocycles. The summed E-state index contributed by atoms with van der Waals surface area (Å²) in [6, 6.07) is 16.0. The predicted molar refractivity (Wildman–Crippen MR) is 114 cm³/mol. The van der Waals surface area contributed by atoms with Gasteiger partial charge in [0.05, 0.1) is 13.7 Å². The lowest BCUT2D eigenvalue weighted by atomic mass is 10.2. The van der Waals surface area contributed by atoms with Gasteiger partial charge in [-0.2, -0.15) is 0 Å². The van der Waals surface area contributed by atoms with Crippen LogP contribution in [0.1, 0.15) is 24.5 Å². The molecule has 0 saturated heterocycles. The molecule has 2 aromatic rings. The number of methoxy groups -OCH3 is 1. The summed E-state index contributed by atoms with van der Waals surface area (Å²) in [4.78, 5) is 14.3. The predicted octanol–water partition coefficient (Wildman–Crippen LogP) is 3.75. The molecule has 2 rings (SSSR count). The lowest BCUT2D eigenvalue weighted by Crippen LogP contribution is -2.26. The van der Waals surface area contributed by atoms with Gasteiger partial charge in [-0.1, -0.05) is 36.4 Å². The SMILES string of the molecule is CCOc1cc(/C=C/C(=O)NCCCN(C)Cc2ccccc2)ccc1OC. The Morgan fingerprint density at radius 2 is 1.93 bits per heavy atom. The molecule has 0 unspecified atom stereocenters. The maximum atomic E-state index is 12.0. The van der Waals surface area contributed by atoms with Crippen molar-refractivity contribution in [2.75, 3.05) is 33.9 Å². The maximum absolute atomic E-state index is 12.0.